The summed E-state index contributed by atoms with van der Waals surface area (Å²) in [6.07, 6.45) is 6.60. The van der Waals surface area contributed by atoms with Gasteiger partial charge < -0.3 is 29.5 Å². The van der Waals surface area contributed by atoms with Gasteiger partial charge in [-0.2, -0.15) is 0 Å². The molecule has 0 saturated carbocycles. The number of aliphatic carboxylic acids is 1. The van der Waals surface area contributed by atoms with Crippen LogP contribution in [0.25, 0.3) is 0 Å². The molecule has 4 rings (SSSR count). The first-order valence-corrected chi connectivity index (χ1v) is 16.4. The Labute approximate surface area is 282 Å². The number of ether oxygens (including phenoxy) is 3. The summed E-state index contributed by atoms with van der Waals surface area (Å²) in [5.74, 6) is -0.170. The lowest BCUT2D eigenvalue weighted by molar-refractivity contribution is -0.137. The number of nitrogens with one attached hydrogen (secondary N) is 1. The van der Waals surface area contributed by atoms with E-state index in [9.17, 15) is 19.5 Å². The van der Waals surface area contributed by atoms with E-state index < -0.39 is 24.4 Å². The molecule has 0 aliphatic carbocycles. The Hall–Kier alpha value is -5.31. The third-order valence-corrected chi connectivity index (χ3v) is 7.74. The molecule has 0 saturated heterocycles. The fourth-order valence-electron chi connectivity index (χ4n) is 5.09. The first-order chi connectivity index (χ1) is 23.3. The summed E-state index contributed by atoms with van der Waals surface area (Å²) in [6, 6.07) is 28.4. The van der Waals surface area contributed by atoms with Crippen LogP contribution in [-0.2, 0) is 17.8 Å². The van der Waals surface area contributed by atoms with Crippen molar-refractivity contribution in [2.24, 2.45) is 0 Å². The highest BCUT2D eigenvalue weighted by Crippen LogP contribution is 2.20. The average Bonchev–Trinajstić information content (AvgIpc) is 3.10. The highest BCUT2D eigenvalue weighted by Gasteiger charge is 2.19. The van der Waals surface area contributed by atoms with Gasteiger partial charge in [-0.05, 0) is 96.8 Å². The summed E-state index contributed by atoms with van der Waals surface area (Å²) in [6.45, 7) is 3.13. The van der Waals surface area contributed by atoms with Gasteiger partial charge in [0.15, 0.2) is 0 Å². The van der Waals surface area contributed by atoms with Crippen molar-refractivity contribution >= 4 is 23.5 Å². The number of anilines is 1. The second-order valence-corrected chi connectivity index (χ2v) is 11.5. The highest BCUT2D eigenvalue weighted by atomic mass is 16.5. The molecule has 0 aliphatic rings. The molecule has 0 fully saturated rings. The van der Waals surface area contributed by atoms with Crippen molar-refractivity contribution in [2.75, 3.05) is 32.1 Å². The number of unbranched alkanes of at least 4 members (excludes halogenated alkanes) is 4. The predicted molar refractivity (Wildman–Crippen MR) is 186 cm³/mol. The maximum absolute atomic E-state index is 13.3. The second kappa shape index (κ2) is 18.7. The minimum atomic E-state index is -1.12. The minimum Gasteiger partial charge on any atom is -0.497 e. The van der Waals surface area contributed by atoms with Crippen molar-refractivity contribution in [2.45, 2.75) is 52.0 Å². The molecule has 9 nitrogen and oxygen atoms in total. The first-order valence-electron chi connectivity index (χ1n) is 16.4. The Morgan fingerprint density at radius 1 is 0.750 bits per heavy atom. The number of esters is 1. The van der Waals surface area contributed by atoms with Crippen molar-refractivity contribution < 1.29 is 33.7 Å². The van der Waals surface area contributed by atoms with Crippen LogP contribution in [0.4, 0.5) is 5.69 Å². The fraction of sp³-hybridized carbons (Fsp3) is 0.308. The van der Waals surface area contributed by atoms with Crippen LogP contribution in [0.1, 0.15) is 70.9 Å². The van der Waals surface area contributed by atoms with Gasteiger partial charge in [0.05, 0.1) is 19.3 Å². The van der Waals surface area contributed by atoms with Gasteiger partial charge in [-0.1, -0.05) is 56.9 Å². The number of carboxylic acids is 1. The lowest BCUT2D eigenvalue weighted by Gasteiger charge is -2.21. The number of carboxylic acid groups (broad SMARTS) is 1. The number of hydrogen-bond acceptors (Lipinski definition) is 7. The average molecular weight is 653 g/mol. The SMILES string of the molecule is CCCCCCCOc1ccc(C(=O)Oc2ccc(CN(CC(=O)O)C(=O)c3ccc(NCCc4cccc(OC)c4)cc3)cc2)cc1. The van der Waals surface area contributed by atoms with E-state index in [2.05, 4.69) is 12.2 Å². The number of rotatable bonds is 19. The van der Waals surface area contributed by atoms with Crippen LogP contribution in [0.15, 0.2) is 97.1 Å². The molecule has 0 unspecified atom stereocenters. The summed E-state index contributed by atoms with van der Waals surface area (Å²) in [5.41, 5.74) is 3.45. The van der Waals surface area contributed by atoms with E-state index >= 15 is 0 Å². The molecular formula is C39H44N2O7. The predicted octanol–water partition coefficient (Wildman–Crippen LogP) is 7.65. The van der Waals surface area contributed by atoms with Crippen LogP contribution in [0.2, 0.25) is 0 Å². The zero-order chi connectivity index (χ0) is 34.1. The zero-order valence-corrected chi connectivity index (χ0v) is 27.7. The van der Waals surface area contributed by atoms with Gasteiger partial charge in [-0.3, -0.25) is 9.59 Å². The monoisotopic (exact) mass is 652 g/mol. The largest absolute Gasteiger partial charge is 0.497 e. The fourth-order valence-corrected chi connectivity index (χ4v) is 5.09. The summed E-state index contributed by atoms with van der Waals surface area (Å²) in [7, 11) is 1.64. The van der Waals surface area contributed by atoms with Gasteiger partial charge in [0.25, 0.3) is 5.91 Å². The van der Waals surface area contributed by atoms with Crippen LogP contribution in [0.3, 0.4) is 0 Å². The second-order valence-electron chi connectivity index (χ2n) is 11.5. The van der Waals surface area contributed by atoms with E-state index in [1.807, 2.05) is 24.3 Å². The summed E-state index contributed by atoms with van der Waals surface area (Å²) in [4.78, 5) is 38.9. The van der Waals surface area contributed by atoms with Crippen molar-refractivity contribution in [3.63, 3.8) is 0 Å². The van der Waals surface area contributed by atoms with E-state index in [1.54, 1.807) is 79.9 Å². The smallest absolute Gasteiger partial charge is 0.343 e. The van der Waals surface area contributed by atoms with Gasteiger partial charge in [0.2, 0.25) is 0 Å². The van der Waals surface area contributed by atoms with E-state index in [0.29, 0.717) is 41.3 Å². The first kappa shape index (κ1) is 35.5. The van der Waals surface area contributed by atoms with Gasteiger partial charge in [-0.25, -0.2) is 4.79 Å². The standard InChI is InChI=1S/C39H44N2O7/c1-3-4-5-6-7-25-47-34-21-15-32(16-22-34)39(45)48-35-19-11-30(12-20-35)27-41(28-37(42)43)38(44)31-13-17-33(18-14-31)40-24-23-29-9-8-10-36(26-29)46-2/h8-22,26,40H,3-7,23-25,27-28H2,1-2H3,(H,42,43). The lowest BCUT2D eigenvalue weighted by Crippen LogP contribution is -2.35. The van der Waals surface area contributed by atoms with Crippen molar-refractivity contribution in [3.05, 3.63) is 119 Å². The summed E-state index contributed by atoms with van der Waals surface area (Å²) < 4.78 is 16.6. The number of amides is 1. The van der Waals surface area contributed by atoms with Crippen LogP contribution >= 0.6 is 0 Å². The third-order valence-electron chi connectivity index (χ3n) is 7.74. The number of carbonyl (C=O) groups excluding carboxylic acids is 2. The van der Waals surface area contributed by atoms with Crippen LogP contribution in [0, 0.1) is 0 Å². The van der Waals surface area contributed by atoms with Crippen molar-refractivity contribution in [1.82, 2.24) is 4.90 Å². The molecule has 0 aromatic heterocycles. The molecule has 0 bridgehead atoms. The van der Waals surface area contributed by atoms with Gasteiger partial charge >= 0.3 is 11.9 Å². The minimum absolute atomic E-state index is 0.0694. The molecular weight excluding hydrogens is 608 g/mol. The Bertz CT molecular complexity index is 1600. The Balaban J connectivity index is 1.27. The summed E-state index contributed by atoms with van der Waals surface area (Å²) >= 11 is 0. The summed E-state index contributed by atoms with van der Waals surface area (Å²) in [5, 5.41) is 12.8. The van der Waals surface area contributed by atoms with Gasteiger partial charge in [0, 0.05) is 24.3 Å². The van der Waals surface area contributed by atoms with Crippen molar-refractivity contribution in [3.8, 4) is 17.2 Å². The molecule has 9 heteroatoms. The third kappa shape index (κ3) is 11.5. The van der Waals surface area contributed by atoms with Crippen LogP contribution in [-0.4, -0.2) is 54.7 Å². The lowest BCUT2D eigenvalue weighted by atomic mass is 10.1. The van der Waals surface area contributed by atoms with Crippen LogP contribution in [0.5, 0.6) is 17.2 Å². The normalized spacial score (nSPS) is 10.6. The van der Waals surface area contributed by atoms with E-state index in [4.69, 9.17) is 14.2 Å². The molecule has 4 aromatic carbocycles. The van der Waals surface area contributed by atoms with Crippen LogP contribution < -0.4 is 19.5 Å². The number of hydrogen-bond donors (Lipinski definition) is 2. The van der Waals surface area contributed by atoms with Gasteiger partial charge in [0.1, 0.15) is 23.8 Å². The quantitative estimate of drug-likeness (QED) is 0.0604. The Morgan fingerprint density at radius 3 is 2.12 bits per heavy atom. The van der Waals surface area contributed by atoms with E-state index in [0.717, 1.165) is 36.3 Å². The number of carbonyl (C=O) groups is 3. The molecule has 0 spiro atoms. The molecule has 1 amide bonds. The highest BCUT2D eigenvalue weighted by molar-refractivity contribution is 5.96. The molecule has 4 aromatic rings. The maximum Gasteiger partial charge on any atom is 0.343 e. The topological polar surface area (TPSA) is 114 Å². The van der Waals surface area contributed by atoms with E-state index in [-0.39, 0.29) is 6.54 Å². The molecule has 48 heavy (non-hydrogen) atoms. The Kier molecular flexibility index (Phi) is 13.9. The Morgan fingerprint density at radius 2 is 1.44 bits per heavy atom. The molecule has 2 N–H and O–H groups in total. The number of nitrogens with zero attached hydrogens (tertiary/aromatic N) is 1. The molecule has 252 valence electrons. The van der Waals surface area contributed by atoms with E-state index in [1.165, 1.54) is 24.2 Å². The molecule has 0 aliphatic heterocycles. The number of benzene rings is 4. The molecule has 0 radical (unpaired) electrons. The van der Waals surface area contributed by atoms with Crippen molar-refractivity contribution in [1.29, 1.82) is 0 Å². The maximum atomic E-state index is 13.3. The molecule has 0 heterocycles. The number of methoxy groups -OCH3 is 1. The molecule has 0 atom stereocenters. The zero-order valence-electron chi connectivity index (χ0n) is 27.7. The van der Waals surface area contributed by atoms with Gasteiger partial charge in [-0.15, -0.1) is 0 Å².